The van der Waals surface area contributed by atoms with E-state index < -0.39 is 18.1 Å². The molecule has 0 fully saturated rings. The predicted molar refractivity (Wildman–Crippen MR) is 124 cm³/mol. The van der Waals surface area contributed by atoms with Crippen molar-refractivity contribution in [2.24, 2.45) is 0 Å². The monoisotopic (exact) mass is 444 g/mol. The first-order chi connectivity index (χ1) is 15.9. The van der Waals surface area contributed by atoms with Crippen LogP contribution in [0.3, 0.4) is 0 Å². The molecular weight excluding hydrogens is 420 g/mol. The number of aliphatic carboxylic acids is 1. The van der Waals surface area contributed by atoms with Gasteiger partial charge in [-0.15, -0.1) is 0 Å². The van der Waals surface area contributed by atoms with E-state index in [1.165, 1.54) is 18.1 Å². The minimum Gasteiger partial charge on any atom is -0.480 e. The Labute approximate surface area is 191 Å². The molecule has 3 N–H and O–H groups in total. The van der Waals surface area contributed by atoms with Crippen molar-refractivity contribution in [2.75, 3.05) is 11.9 Å². The van der Waals surface area contributed by atoms with E-state index in [0.717, 1.165) is 11.1 Å². The van der Waals surface area contributed by atoms with Gasteiger partial charge in [0, 0.05) is 11.6 Å². The van der Waals surface area contributed by atoms with Crippen LogP contribution in [-0.4, -0.2) is 35.7 Å². The first kappa shape index (κ1) is 22.1. The highest BCUT2D eigenvalue weighted by atomic mass is 16.5. The van der Waals surface area contributed by atoms with E-state index in [-0.39, 0.29) is 24.9 Å². The van der Waals surface area contributed by atoms with Crippen LogP contribution >= 0.6 is 0 Å². The lowest BCUT2D eigenvalue weighted by Gasteiger charge is -2.14. The first-order valence-electron chi connectivity index (χ1n) is 10.7. The second-order valence-electron chi connectivity index (χ2n) is 7.95. The van der Waals surface area contributed by atoms with Crippen LogP contribution in [0.25, 0.3) is 11.1 Å². The van der Waals surface area contributed by atoms with Crippen molar-refractivity contribution in [1.82, 2.24) is 5.32 Å². The molecule has 1 aliphatic carbocycles. The van der Waals surface area contributed by atoms with Crippen molar-refractivity contribution < 1.29 is 24.2 Å². The molecule has 0 saturated carbocycles. The Morgan fingerprint density at radius 3 is 2.06 bits per heavy atom. The standard InChI is InChI=1S/C26H24N2O5/c1-16(25(30)31)27-24(29)14-17-10-12-18(13-11-17)28-26(32)33-15-23-21-8-4-2-6-19(21)20-7-3-5-9-22(20)23/h2-13,16,23H,14-15H2,1H3,(H,27,29)(H,28,32)(H,30,31)/t16-/m1/s1. The van der Waals surface area contributed by atoms with Gasteiger partial charge in [0.1, 0.15) is 12.6 Å². The van der Waals surface area contributed by atoms with Gasteiger partial charge < -0.3 is 15.2 Å². The smallest absolute Gasteiger partial charge is 0.411 e. The zero-order chi connectivity index (χ0) is 23.4. The van der Waals surface area contributed by atoms with Gasteiger partial charge in [-0.2, -0.15) is 0 Å². The topological polar surface area (TPSA) is 105 Å². The highest BCUT2D eigenvalue weighted by molar-refractivity contribution is 5.86. The highest BCUT2D eigenvalue weighted by Gasteiger charge is 2.29. The third-order valence-corrected chi connectivity index (χ3v) is 5.66. The molecule has 7 nitrogen and oxygen atoms in total. The largest absolute Gasteiger partial charge is 0.480 e. The fourth-order valence-electron chi connectivity index (χ4n) is 4.00. The summed E-state index contributed by atoms with van der Waals surface area (Å²) in [5, 5.41) is 14.0. The average molecular weight is 444 g/mol. The fourth-order valence-corrected chi connectivity index (χ4v) is 4.00. The quantitative estimate of drug-likeness (QED) is 0.507. The van der Waals surface area contributed by atoms with E-state index in [4.69, 9.17) is 9.84 Å². The predicted octanol–water partition coefficient (Wildman–Crippen LogP) is 4.18. The summed E-state index contributed by atoms with van der Waals surface area (Å²) < 4.78 is 5.53. The zero-order valence-electron chi connectivity index (χ0n) is 18.1. The van der Waals surface area contributed by atoms with E-state index in [2.05, 4.69) is 34.9 Å². The second kappa shape index (κ2) is 9.56. The number of benzene rings is 3. The van der Waals surface area contributed by atoms with Crippen molar-refractivity contribution in [3.05, 3.63) is 89.5 Å². The van der Waals surface area contributed by atoms with Crippen molar-refractivity contribution in [3.8, 4) is 11.1 Å². The summed E-state index contributed by atoms with van der Waals surface area (Å²) in [6, 6.07) is 22.1. The Kier molecular flexibility index (Phi) is 6.40. The molecule has 0 unspecified atom stereocenters. The van der Waals surface area contributed by atoms with Gasteiger partial charge in [0.15, 0.2) is 0 Å². The van der Waals surface area contributed by atoms with Gasteiger partial charge in [-0.1, -0.05) is 60.7 Å². The highest BCUT2D eigenvalue weighted by Crippen LogP contribution is 2.44. The van der Waals surface area contributed by atoms with Gasteiger partial charge in [-0.25, -0.2) is 4.79 Å². The van der Waals surface area contributed by atoms with Crippen molar-refractivity contribution >= 4 is 23.7 Å². The third-order valence-electron chi connectivity index (χ3n) is 5.66. The molecule has 0 radical (unpaired) electrons. The molecule has 2 amide bonds. The number of amides is 2. The van der Waals surface area contributed by atoms with Crippen LogP contribution in [0.5, 0.6) is 0 Å². The summed E-state index contributed by atoms with van der Waals surface area (Å²) in [6.45, 7) is 1.63. The van der Waals surface area contributed by atoms with E-state index in [1.54, 1.807) is 24.3 Å². The molecule has 1 aliphatic rings. The molecule has 33 heavy (non-hydrogen) atoms. The lowest BCUT2D eigenvalue weighted by atomic mass is 9.98. The molecule has 3 aromatic carbocycles. The van der Waals surface area contributed by atoms with E-state index in [0.29, 0.717) is 11.3 Å². The Bertz CT molecular complexity index is 1140. The van der Waals surface area contributed by atoms with Crippen molar-refractivity contribution in [3.63, 3.8) is 0 Å². The number of hydrogen-bond donors (Lipinski definition) is 3. The number of anilines is 1. The molecule has 4 rings (SSSR count). The number of rotatable bonds is 7. The van der Waals surface area contributed by atoms with E-state index >= 15 is 0 Å². The number of carboxylic acid groups (broad SMARTS) is 1. The number of fused-ring (bicyclic) bond motifs is 3. The summed E-state index contributed by atoms with van der Waals surface area (Å²) >= 11 is 0. The molecule has 0 saturated heterocycles. The average Bonchev–Trinajstić information content (AvgIpc) is 3.12. The van der Waals surface area contributed by atoms with Crippen LogP contribution in [-0.2, 0) is 20.7 Å². The van der Waals surface area contributed by atoms with Crippen molar-refractivity contribution in [1.29, 1.82) is 0 Å². The third kappa shape index (κ3) is 5.03. The Balaban J connectivity index is 1.33. The summed E-state index contributed by atoms with van der Waals surface area (Å²) in [4.78, 5) is 35.1. The number of nitrogens with one attached hydrogen (secondary N) is 2. The minimum absolute atomic E-state index is 0.0165. The van der Waals surface area contributed by atoms with Gasteiger partial charge in [0.2, 0.25) is 5.91 Å². The van der Waals surface area contributed by atoms with Crippen LogP contribution in [0.15, 0.2) is 72.8 Å². The zero-order valence-corrected chi connectivity index (χ0v) is 18.1. The molecule has 0 spiro atoms. The van der Waals surface area contributed by atoms with Gasteiger partial charge in [-0.3, -0.25) is 14.9 Å². The minimum atomic E-state index is -1.09. The number of carbonyl (C=O) groups excluding carboxylic acids is 2. The first-order valence-corrected chi connectivity index (χ1v) is 10.7. The maximum atomic E-state index is 12.4. The maximum absolute atomic E-state index is 12.4. The molecule has 168 valence electrons. The second-order valence-corrected chi connectivity index (χ2v) is 7.95. The maximum Gasteiger partial charge on any atom is 0.411 e. The van der Waals surface area contributed by atoms with Gasteiger partial charge in [0.05, 0.1) is 6.42 Å². The number of carbonyl (C=O) groups is 3. The lowest BCUT2D eigenvalue weighted by molar-refractivity contribution is -0.141. The Morgan fingerprint density at radius 2 is 1.48 bits per heavy atom. The van der Waals surface area contributed by atoms with Gasteiger partial charge in [0.25, 0.3) is 0 Å². The van der Waals surface area contributed by atoms with E-state index in [9.17, 15) is 14.4 Å². The fraction of sp³-hybridized carbons (Fsp3) is 0.192. The van der Waals surface area contributed by atoms with Crippen molar-refractivity contribution in [2.45, 2.75) is 25.3 Å². The van der Waals surface area contributed by atoms with Gasteiger partial charge in [-0.05, 0) is 46.9 Å². The molecule has 0 heterocycles. The summed E-state index contributed by atoms with van der Waals surface area (Å²) in [5.41, 5.74) is 5.86. The molecule has 1 atom stereocenters. The Hall–Kier alpha value is -4.13. The molecule has 0 aliphatic heterocycles. The van der Waals surface area contributed by atoms with Crippen LogP contribution in [0.4, 0.5) is 10.5 Å². The summed E-state index contributed by atoms with van der Waals surface area (Å²) in [5.74, 6) is -1.50. The van der Waals surface area contributed by atoms with Crippen LogP contribution < -0.4 is 10.6 Å². The summed E-state index contributed by atoms with van der Waals surface area (Å²) in [6.07, 6.45) is -0.513. The molecular formula is C26H24N2O5. The number of carboxylic acids is 1. The number of hydrogen-bond acceptors (Lipinski definition) is 4. The molecule has 7 heteroatoms. The number of ether oxygens (including phenoxy) is 1. The molecule has 0 bridgehead atoms. The van der Waals surface area contributed by atoms with E-state index in [1.807, 2.05) is 24.3 Å². The van der Waals surface area contributed by atoms with Crippen LogP contribution in [0.2, 0.25) is 0 Å². The SMILES string of the molecule is C[C@@H](NC(=O)Cc1ccc(NC(=O)OCC2c3ccccc3-c3ccccc32)cc1)C(=O)O. The summed E-state index contributed by atoms with van der Waals surface area (Å²) in [7, 11) is 0. The normalized spacial score (nSPS) is 12.9. The lowest BCUT2D eigenvalue weighted by Crippen LogP contribution is -2.39. The van der Waals surface area contributed by atoms with Crippen LogP contribution in [0, 0.1) is 0 Å². The van der Waals surface area contributed by atoms with Gasteiger partial charge >= 0.3 is 12.1 Å². The molecule has 3 aromatic rings. The molecule has 0 aromatic heterocycles. The van der Waals surface area contributed by atoms with Crippen LogP contribution in [0.1, 0.15) is 29.5 Å². The Morgan fingerprint density at radius 1 is 0.909 bits per heavy atom.